The molecule has 0 bridgehead atoms. The SMILES string of the molecule is Cc1sc2ncn3c(SC4CCOC4=O)nnc3c2c1C. The van der Waals surface area contributed by atoms with Gasteiger partial charge in [-0.3, -0.25) is 9.20 Å². The van der Waals surface area contributed by atoms with Crippen LogP contribution in [0.4, 0.5) is 0 Å². The summed E-state index contributed by atoms with van der Waals surface area (Å²) in [6, 6.07) is 0. The fourth-order valence-corrected chi connectivity index (χ4v) is 4.38. The van der Waals surface area contributed by atoms with Crippen molar-refractivity contribution in [2.45, 2.75) is 30.7 Å². The normalized spacial score (nSPS) is 18.8. The van der Waals surface area contributed by atoms with Crippen LogP contribution in [0.3, 0.4) is 0 Å². The smallest absolute Gasteiger partial charge is 0.319 e. The van der Waals surface area contributed by atoms with E-state index in [1.165, 1.54) is 22.2 Å². The number of nitrogens with zero attached hydrogens (tertiary/aromatic N) is 4. The van der Waals surface area contributed by atoms with E-state index >= 15 is 0 Å². The van der Waals surface area contributed by atoms with Gasteiger partial charge < -0.3 is 4.74 Å². The van der Waals surface area contributed by atoms with E-state index in [9.17, 15) is 4.79 Å². The van der Waals surface area contributed by atoms with Crippen LogP contribution in [-0.2, 0) is 9.53 Å². The first-order valence-corrected chi connectivity index (χ1v) is 8.27. The summed E-state index contributed by atoms with van der Waals surface area (Å²) in [5.41, 5.74) is 1.99. The molecule has 1 atom stereocenters. The highest BCUT2D eigenvalue weighted by Crippen LogP contribution is 2.33. The predicted molar refractivity (Wildman–Crippen MR) is 80.9 cm³/mol. The van der Waals surface area contributed by atoms with E-state index in [2.05, 4.69) is 29.0 Å². The number of aromatic nitrogens is 4. The van der Waals surface area contributed by atoms with Crippen molar-refractivity contribution in [2.24, 2.45) is 0 Å². The largest absolute Gasteiger partial charge is 0.465 e. The zero-order chi connectivity index (χ0) is 14.6. The molecule has 1 fully saturated rings. The van der Waals surface area contributed by atoms with Gasteiger partial charge in [0.15, 0.2) is 10.8 Å². The van der Waals surface area contributed by atoms with Gasteiger partial charge in [-0.15, -0.1) is 21.5 Å². The van der Waals surface area contributed by atoms with Gasteiger partial charge in [-0.2, -0.15) is 0 Å². The van der Waals surface area contributed by atoms with Crippen molar-refractivity contribution < 1.29 is 9.53 Å². The van der Waals surface area contributed by atoms with Crippen LogP contribution in [-0.4, -0.2) is 37.4 Å². The summed E-state index contributed by atoms with van der Waals surface area (Å²) in [5, 5.41) is 10.1. The van der Waals surface area contributed by atoms with E-state index < -0.39 is 0 Å². The first-order valence-electron chi connectivity index (χ1n) is 6.58. The molecule has 8 heteroatoms. The molecule has 1 unspecified atom stereocenters. The maximum Gasteiger partial charge on any atom is 0.319 e. The van der Waals surface area contributed by atoms with Crippen molar-refractivity contribution in [3.05, 3.63) is 16.8 Å². The van der Waals surface area contributed by atoms with Crippen molar-refractivity contribution in [1.29, 1.82) is 0 Å². The molecular formula is C13H12N4O2S2. The lowest BCUT2D eigenvalue weighted by molar-refractivity contribution is -0.137. The van der Waals surface area contributed by atoms with Gasteiger partial charge in [-0.25, -0.2) is 4.98 Å². The number of fused-ring (bicyclic) bond motifs is 3. The second kappa shape index (κ2) is 4.67. The second-order valence-corrected chi connectivity index (χ2v) is 7.32. The van der Waals surface area contributed by atoms with Crippen LogP contribution in [0.15, 0.2) is 11.5 Å². The molecule has 6 nitrogen and oxygen atoms in total. The van der Waals surface area contributed by atoms with Crippen molar-refractivity contribution in [3.8, 4) is 0 Å². The lowest BCUT2D eigenvalue weighted by atomic mass is 10.2. The standard InChI is InChI=1S/C13H12N4O2S2/c1-6-7(2)20-11-9(6)10-15-16-13(17(10)5-14-11)21-8-3-4-19-12(8)18/h5,8H,3-4H2,1-2H3. The molecule has 0 radical (unpaired) electrons. The third-order valence-electron chi connectivity index (χ3n) is 3.68. The monoisotopic (exact) mass is 320 g/mol. The number of aryl methyl sites for hydroxylation is 2. The number of esters is 1. The van der Waals surface area contributed by atoms with Gasteiger partial charge in [-0.1, -0.05) is 11.8 Å². The van der Waals surface area contributed by atoms with Crippen molar-refractivity contribution in [1.82, 2.24) is 19.6 Å². The summed E-state index contributed by atoms with van der Waals surface area (Å²) < 4.78 is 6.85. The highest BCUT2D eigenvalue weighted by atomic mass is 32.2. The van der Waals surface area contributed by atoms with Crippen molar-refractivity contribution in [3.63, 3.8) is 0 Å². The van der Waals surface area contributed by atoms with Crippen LogP contribution in [0.2, 0.25) is 0 Å². The molecule has 1 aliphatic rings. The average molecular weight is 320 g/mol. The second-order valence-electron chi connectivity index (χ2n) is 4.95. The van der Waals surface area contributed by atoms with Crippen molar-refractivity contribution in [2.75, 3.05) is 6.61 Å². The van der Waals surface area contributed by atoms with Gasteiger partial charge >= 0.3 is 5.97 Å². The molecule has 0 aliphatic carbocycles. The number of thiophene rings is 1. The number of cyclic esters (lactones) is 1. The van der Waals surface area contributed by atoms with E-state index in [0.717, 1.165) is 15.9 Å². The molecule has 21 heavy (non-hydrogen) atoms. The van der Waals surface area contributed by atoms with Gasteiger partial charge in [-0.05, 0) is 19.4 Å². The summed E-state index contributed by atoms with van der Waals surface area (Å²) in [6.07, 6.45) is 2.44. The zero-order valence-corrected chi connectivity index (χ0v) is 13.1. The maximum atomic E-state index is 11.6. The molecule has 0 saturated carbocycles. The van der Waals surface area contributed by atoms with Gasteiger partial charge in [0.25, 0.3) is 0 Å². The molecular weight excluding hydrogens is 308 g/mol. The van der Waals surface area contributed by atoms with Crippen molar-refractivity contribution >= 4 is 44.9 Å². The third-order valence-corrected chi connectivity index (χ3v) is 6.00. The summed E-state index contributed by atoms with van der Waals surface area (Å²) in [5.74, 6) is -0.173. The van der Waals surface area contributed by atoms with E-state index in [1.807, 2.05) is 4.40 Å². The van der Waals surface area contributed by atoms with E-state index in [0.29, 0.717) is 18.2 Å². The molecule has 0 aromatic carbocycles. The first kappa shape index (κ1) is 13.0. The van der Waals surface area contributed by atoms with Crippen LogP contribution in [0.1, 0.15) is 16.9 Å². The number of rotatable bonds is 2. The Kier molecular flexibility index (Phi) is 2.90. The average Bonchev–Trinajstić information content (AvgIpc) is 3.12. The summed E-state index contributed by atoms with van der Waals surface area (Å²) in [4.78, 5) is 18.3. The Morgan fingerprint density at radius 1 is 1.43 bits per heavy atom. The lowest BCUT2D eigenvalue weighted by Crippen LogP contribution is -2.10. The number of thioether (sulfide) groups is 1. The minimum Gasteiger partial charge on any atom is -0.465 e. The minimum atomic E-state index is -0.196. The fourth-order valence-electron chi connectivity index (χ4n) is 2.42. The molecule has 0 spiro atoms. The Morgan fingerprint density at radius 2 is 2.29 bits per heavy atom. The maximum absolute atomic E-state index is 11.6. The number of hydrogen-bond donors (Lipinski definition) is 0. The number of carbonyl (C=O) groups excluding carboxylic acids is 1. The van der Waals surface area contributed by atoms with Gasteiger partial charge in [0.1, 0.15) is 16.4 Å². The lowest BCUT2D eigenvalue weighted by Gasteiger charge is -2.03. The Hall–Kier alpha value is -1.67. The summed E-state index contributed by atoms with van der Waals surface area (Å²) in [7, 11) is 0. The Morgan fingerprint density at radius 3 is 3.05 bits per heavy atom. The molecule has 108 valence electrons. The molecule has 1 saturated heterocycles. The summed E-state index contributed by atoms with van der Waals surface area (Å²) >= 11 is 3.06. The number of ether oxygens (including phenoxy) is 1. The van der Waals surface area contributed by atoms with Crippen LogP contribution < -0.4 is 0 Å². The molecule has 1 aliphatic heterocycles. The molecule has 0 amide bonds. The Bertz CT molecular complexity index is 870. The third kappa shape index (κ3) is 1.93. The van der Waals surface area contributed by atoms with Crippen LogP contribution >= 0.6 is 23.1 Å². The highest BCUT2D eigenvalue weighted by Gasteiger charge is 2.29. The van der Waals surface area contributed by atoms with Gasteiger partial charge in [0.2, 0.25) is 0 Å². The van der Waals surface area contributed by atoms with Crippen LogP contribution in [0, 0.1) is 13.8 Å². The van der Waals surface area contributed by atoms with Gasteiger partial charge in [0.05, 0.1) is 12.0 Å². The van der Waals surface area contributed by atoms with E-state index in [1.54, 1.807) is 17.7 Å². The van der Waals surface area contributed by atoms with E-state index in [-0.39, 0.29) is 11.2 Å². The highest BCUT2D eigenvalue weighted by molar-refractivity contribution is 8.00. The topological polar surface area (TPSA) is 69.4 Å². The fraction of sp³-hybridized carbons (Fsp3) is 0.385. The molecule has 3 aromatic rings. The summed E-state index contributed by atoms with van der Waals surface area (Å²) in [6.45, 7) is 4.64. The molecule has 3 aromatic heterocycles. The van der Waals surface area contributed by atoms with E-state index in [4.69, 9.17) is 4.74 Å². The molecule has 4 heterocycles. The Balaban J connectivity index is 1.84. The number of carbonyl (C=O) groups is 1. The first-order chi connectivity index (χ1) is 10.1. The van der Waals surface area contributed by atoms with Crippen LogP contribution in [0.5, 0.6) is 0 Å². The predicted octanol–water partition coefficient (Wildman–Crippen LogP) is 2.36. The minimum absolute atomic E-state index is 0.173. The van der Waals surface area contributed by atoms with Gasteiger partial charge in [0, 0.05) is 11.3 Å². The molecule has 4 rings (SSSR count). The van der Waals surface area contributed by atoms with Crippen LogP contribution in [0.25, 0.3) is 15.9 Å². The molecule has 0 N–H and O–H groups in total. The number of hydrogen-bond acceptors (Lipinski definition) is 7. The quantitative estimate of drug-likeness (QED) is 0.675. The zero-order valence-electron chi connectivity index (χ0n) is 11.5. The Labute approximate surface area is 128 Å².